The predicted octanol–water partition coefficient (Wildman–Crippen LogP) is 12.3. The molecular formula is C56H53ClN8O4. The molecule has 2 aliphatic carbocycles. The molecule has 5 atom stereocenters. The normalized spacial score (nSPS) is 21.9. The summed E-state index contributed by atoms with van der Waals surface area (Å²) in [5.41, 5.74) is 20.2. The van der Waals surface area contributed by atoms with E-state index in [2.05, 4.69) is 74.3 Å². The number of guanidine groups is 1. The molecule has 6 aromatic carbocycles. The van der Waals surface area contributed by atoms with Crippen LogP contribution in [-0.4, -0.2) is 48.2 Å². The van der Waals surface area contributed by atoms with Gasteiger partial charge in [-0.05, 0) is 119 Å². The number of hydrogen-bond acceptors (Lipinski definition) is 9. The van der Waals surface area contributed by atoms with E-state index in [1.165, 1.54) is 29.3 Å². The number of hydroxylamine groups is 3. The van der Waals surface area contributed by atoms with Crippen molar-refractivity contribution in [3.05, 3.63) is 201 Å². The van der Waals surface area contributed by atoms with Gasteiger partial charge in [-0.3, -0.25) is 0 Å². The van der Waals surface area contributed by atoms with Crippen LogP contribution >= 0.6 is 12.4 Å². The number of fused-ring (bicyclic) bond motifs is 5. The molecule has 0 saturated heterocycles. The van der Waals surface area contributed by atoms with Crippen LogP contribution in [0.2, 0.25) is 0 Å². The van der Waals surface area contributed by atoms with Gasteiger partial charge in [0.25, 0.3) is 0 Å². The minimum atomic E-state index is -0.934. The number of ether oxygens (including phenoxy) is 2. The van der Waals surface area contributed by atoms with E-state index in [9.17, 15) is 0 Å². The predicted molar refractivity (Wildman–Crippen MR) is 272 cm³/mol. The average molecular weight is 938 g/mol. The van der Waals surface area contributed by atoms with Crippen LogP contribution in [0.25, 0.3) is 36.9 Å². The van der Waals surface area contributed by atoms with Gasteiger partial charge in [0.05, 0.1) is 23.8 Å². The second-order valence-corrected chi connectivity index (χ2v) is 17.6. The lowest BCUT2D eigenvalue weighted by molar-refractivity contribution is -0.192. The summed E-state index contributed by atoms with van der Waals surface area (Å²) < 4.78 is 13.2. The van der Waals surface area contributed by atoms with Gasteiger partial charge in [0, 0.05) is 44.3 Å². The van der Waals surface area contributed by atoms with Crippen molar-refractivity contribution in [2.45, 2.75) is 81.1 Å². The Bertz CT molecular complexity index is 3040. The van der Waals surface area contributed by atoms with Crippen LogP contribution in [0.5, 0.6) is 11.5 Å². The summed E-state index contributed by atoms with van der Waals surface area (Å²) in [4.78, 5) is 21.6. The number of rotatable bonds is 4. The van der Waals surface area contributed by atoms with E-state index in [1.54, 1.807) is 23.7 Å². The maximum Gasteiger partial charge on any atom is 0.221 e. The summed E-state index contributed by atoms with van der Waals surface area (Å²) in [5, 5.41) is 13.0. The molecule has 5 unspecified atom stereocenters. The van der Waals surface area contributed by atoms with Gasteiger partial charge in [-0.2, -0.15) is 6.57 Å². The van der Waals surface area contributed by atoms with Crippen molar-refractivity contribution in [2.24, 2.45) is 15.8 Å². The molecule has 348 valence electrons. The second kappa shape index (κ2) is 21.2. The molecule has 6 aromatic rings. The molecule has 3 heterocycles. The van der Waals surface area contributed by atoms with Crippen molar-refractivity contribution in [1.29, 1.82) is 0 Å². The van der Waals surface area contributed by atoms with Crippen molar-refractivity contribution in [1.82, 2.24) is 10.5 Å². The lowest BCUT2D eigenvalue weighted by Gasteiger charge is -2.41. The molecule has 1 spiro atoms. The molecule has 3 aliphatic heterocycles. The zero-order chi connectivity index (χ0) is 47.2. The van der Waals surface area contributed by atoms with Crippen LogP contribution in [0.3, 0.4) is 0 Å². The number of aryl methyl sites for hydroxylation is 2. The summed E-state index contributed by atoms with van der Waals surface area (Å²) in [7, 11) is 3.22. The summed E-state index contributed by atoms with van der Waals surface area (Å²) in [6, 6.07) is 44.7. The van der Waals surface area contributed by atoms with E-state index in [1.807, 2.05) is 72.8 Å². The first-order valence-corrected chi connectivity index (χ1v) is 23.0. The molecule has 0 bridgehead atoms. The number of halogens is 1. The maximum absolute atomic E-state index is 7.35. The Labute approximate surface area is 409 Å². The van der Waals surface area contributed by atoms with Gasteiger partial charge in [-0.1, -0.05) is 97.1 Å². The zero-order valence-corrected chi connectivity index (χ0v) is 39.3. The largest absolute Gasteiger partial charge is 0.489 e. The Kier molecular flexibility index (Phi) is 14.7. The quantitative estimate of drug-likeness (QED) is 0.119. The number of benzene rings is 6. The Hall–Kier alpha value is -7.50. The standard InChI is InChI=1S/C28H26N4O2.C27H21N3O.CH5NO.ClH/c1-30-21-10-5-9-19(15-21)20-13-14-25-24(16-20)28(31-27(29)32(2)34-28)17-26(33-25)23-12-6-8-18-7-3-4-11-22(18)23;1-28-21-10-5-9-19(15-21)20-13-14-26-24(16-20)25(30-29-2)17-27(31-26)23-12-6-8-18-7-3-4-11-22(18)23;1-2-3;/h3-5,7,9-11,13-16,23,26H,6,8,12,17H2,2H3,(H2,29,31);3-5,7,9-11,13-16,23,27H,6,8,12,17H2;2-3H,1H3;1H/b;30-25-;;. The summed E-state index contributed by atoms with van der Waals surface area (Å²) >= 11 is 0. The Morgan fingerprint density at radius 2 is 1.25 bits per heavy atom. The second-order valence-electron chi connectivity index (χ2n) is 17.6. The van der Waals surface area contributed by atoms with Crippen molar-refractivity contribution in [2.75, 3.05) is 14.1 Å². The molecule has 0 fully saturated rings. The minimum absolute atomic E-state index is 0. The van der Waals surface area contributed by atoms with Crippen LogP contribution in [-0.2, 0) is 23.4 Å². The van der Waals surface area contributed by atoms with E-state index >= 15 is 0 Å². The van der Waals surface area contributed by atoms with Gasteiger partial charge in [-0.15, -0.1) is 17.4 Å². The molecule has 69 heavy (non-hydrogen) atoms. The fourth-order valence-corrected chi connectivity index (χ4v) is 10.5. The highest BCUT2D eigenvalue weighted by Crippen LogP contribution is 2.51. The highest BCUT2D eigenvalue weighted by atomic mass is 35.5. The molecule has 0 amide bonds. The fraction of sp³-hybridized carbons (Fsp3) is 0.268. The van der Waals surface area contributed by atoms with Gasteiger partial charge in [0.15, 0.2) is 11.4 Å². The van der Waals surface area contributed by atoms with E-state index in [0.717, 1.165) is 89.1 Å². The van der Waals surface area contributed by atoms with Gasteiger partial charge < -0.3 is 20.4 Å². The van der Waals surface area contributed by atoms with Crippen LogP contribution in [0.1, 0.15) is 83.7 Å². The van der Waals surface area contributed by atoms with E-state index < -0.39 is 5.72 Å². The minimum Gasteiger partial charge on any atom is -0.489 e. The fourth-order valence-electron chi connectivity index (χ4n) is 10.5. The van der Waals surface area contributed by atoms with E-state index in [0.29, 0.717) is 36.1 Å². The SMILES string of the molecule is CNO.Cl.[C-]#[N+]/N=C1/CC(C2CCCc3ccccc32)Oc2ccc(-c3cccc([N+]#[C-])c3)cc21.[C-]#[N+]c1cccc(-c2ccc3c(c2)C2(CC(C4CCCc5ccccc54)O3)N=C(N)N(C)O2)c1. The monoisotopic (exact) mass is 936 g/mol. The van der Waals surface area contributed by atoms with Crippen molar-refractivity contribution >= 4 is 35.5 Å². The lowest BCUT2D eigenvalue weighted by Crippen LogP contribution is -2.42. The molecule has 4 N–H and O–H groups in total. The summed E-state index contributed by atoms with van der Waals surface area (Å²) in [6.45, 7) is 22.0. The highest BCUT2D eigenvalue weighted by molar-refractivity contribution is 6.05. The number of aliphatic imine (C=N–C) groups is 1. The van der Waals surface area contributed by atoms with Crippen LogP contribution in [0.15, 0.2) is 144 Å². The molecule has 13 heteroatoms. The molecule has 11 rings (SSSR count). The molecule has 12 nitrogen and oxygen atoms in total. The number of nitrogens with zero attached hydrogens (tertiary/aromatic N) is 6. The van der Waals surface area contributed by atoms with Gasteiger partial charge >= 0.3 is 0 Å². The molecule has 0 radical (unpaired) electrons. The summed E-state index contributed by atoms with van der Waals surface area (Å²) in [6.07, 6.45) is 7.79. The van der Waals surface area contributed by atoms with Gasteiger partial charge in [-0.25, -0.2) is 30.1 Å². The van der Waals surface area contributed by atoms with Crippen molar-refractivity contribution in [3.8, 4) is 33.8 Å². The Morgan fingerprint density at radius 1 is 0.710 bits per heavy atom. The third kappa shape index (κ3) is 9.92. The maximum atomic E-state index is 7.35. The Balaban J connectivity index is 0.000000174. The Morgan fingerprint density at radius 3 is 1.81 bits per heavy atom. The molecule has 5 aliphatic rings. The van der Waals surface area contributed by atoms with Crippen LogP contribution in [0.4, 0.5) is 11.4 Å². The summed E-state index contributed by atoms with van der Waals surface area (Å²) in [5.74, 6) is 2.50. The first kappa shape index (κ1) is 48.0. The van der Waals surface area contributed by atoms with Gasteiger partial charge in [0.1, 0.15) is 29.4 Å². The van der Waals surface area contributed by atoms with Crippen molar-refractivity contribution in [3.63, 3.8) is 0 Å². The average Bonchev–Trinajstić information content (AvgIpc) is 3.67. The van der Waals surface area contributed by atoms with Crippen LogP contribution in [0, 0.1) is 19.7 Å². The van der Waals surface area contributed by atoms with Gasteiger partial charge in [0.2, 0.25) is 11.7 Å². The van der Waals surface area contributed by atoms with E-state index in [-0.39, 0.29) is 30.5 Å². The van der Waals surface area contributed by atoms with Crippen LogP contribution < -0.4 is 20.7 Å². The first-order chi connectivity index (χ1) is 33.2. The third-order valence-electron chi connectivity index (χ3n) is 13.5. The molecule has 0 aromatic heterocycles. The number of nitrogens with two attached hydrogens (primary N) is 1. The number of hydrogen-bond donors (Lipinski definition) is 3. The molecule has 0 saturated carbocycles. The van der Waals surface area contributed by atoms with Crippen molar-refractivity contribution < 1.29 is 19.5 Å². The zero-order valence-electron chi connectivity index (χ0n) is 38.5. The lowest BCUT2D eigenvalue weighted by atomic mass is 9.76. The number of nitrogens with one attached hydrogen (secondary N) is 1. The molecular weight excluding hydrogens is 884 g/mol. The third-order valence-corrected chi connectivity index (χ3v) is 13.5. The first-order valence-electron chi connectivity index (χ1n) is 23.0. The van der Waals surface area contributed by atoms with E-state index in [4.69, 9.17) is 50.0 Å². The topological polar surface area (TPSA) is 127 Å². The highest BCUT2D eigenvalue weighted by Gasteiger charge is 2.51. The smallest absolute Gasteiger partial charge is 0.221 e.